The fourth-order valence-corrected chi connectivity index (χ4v) is 4.11. The lowest BCUT2D eigenvalue weighted by Gasteiger charge is -2.13. The van der Waals surface area contributed by atoms with Crippen LogP contribution >= 0.6 is 0 Å². The van der Waals surface area contributed by atoms with Gasteiger partial charge in [0.2, 0.25) is 11.2 Å². The molecule has 0 spiro atoms. The molecule has 0 saturated carbocycles. The van der Waals surface area contributed by atoms with Gasteiger partial charge in [-0.3, -0.25) is 19.4 Å². The molecule has 0 unspecified atom stereocenters. The first kappa shape index (κ1) is 19.8. The normalized spacial score (nSPS) is 11.8. The van der Waals surface area contributed by atoms with Crippen LogP contribution in [-0.4, -0.2) is 34.1 Å². The van der Waals surface area contributed by atoms with Crippen molar-refractivity contribution in [3.05, 3.63) is 50.9 Å². The van der Waals surface area contributed by atoms with Crippen molar-refractivity contribution in [2.75, 3.05) is 14.2 Å². The molecule has 9 nitrogen and oxygen atoms in total. The average Bonchev–Trinajstić information content (AvgIpc) is 3.33. The van der Waals surface area contributed by atoms with E-state index in [-0.39, 0.29) is 17.2 Å². The summed E-state index contributed by atoms with van der Waals surface area (Å²) in [7, 11) is 3.08. The molecule has 5 rings (SSSR count). The van der Waals surface area contributed by atoms with Gasteiger partial charge in [-0.25, -0.2) is 0 Å². The number of aromatic nitrogens is 3. The number of methoxy groups -OCH3 is 2. The van der Waals surface area contributed by atoms with Gasteiger partial charge in [0, 0.05) is 28.6 Å². The molecule has 5 aromatic rings. The van der Waals surface area contributed by atoms with Crippen LogP contribution in [0.1, 0.15) is 19.9 Å². The molecule has 0 atom stereocenters. The van der Waals surface area contributed by atoms with Crippen LogP contribution in [0.4, 0.5) is 0 Å². The molecule has 3 aromatic heterocycles. The topological polar surface area (TPSA) is 122 Å². The summed E-state index contributed by atoms with van der Waals surface area (Å²) in [5, 5.41) is 14.1. The molecule has 164 valence electrons. The smallest absolute Gasteiger partial charge is 0.274 e. The number of rotatable bonds is 4. The maximum Gasteiger partial charge on any atom is 0.274 e. The lowest BCUT2D eigenvalue weighted by molar-refractivity contribution is 0.395. The molecular weight excluding hydrogens is 414 g/mol. The van der Waals surface area contributed by atoms with Crippen LogP contribution in [-0.2, 0) is 0 Å². The minimum atomic E-state index is -0.547. The Kier molecular flexibility index (Phi) is 4.30. The quantitative estimate of drug-likeness (QED) is 0.394. The van der Waals surface area contributed by atoms with E-state index < -0.39 is 11.2 Å². The summed E-state index contributed by atoms with van der Waals surface area (Å²) < 4.78 is 18.7. The third-order valence-electron chi connectivity index (χ3n) is 5.64. The van der Waals surface area contributed by atoms with Crippen molar-refractivity contribution in [2.45, 2.75) is 19.9 Å². The molecule has 0 aliphatic heterocycles. The predicted molar refractivity (Wildman–Crippen MR) is 121 cm³/mol. The number of furan rings is 1. The lowest BCUT2D eigenvalue weighted by Crippen LogP contribution is -2.07. The van der Waals surface area contributed by atoms with Crippen molar-refractivity contribution >= 4 is 33.1 Å². The van der Waals surface area contributed by atoms with Gasteiger partial charge in [-0.15, -0.1) is 0 Å². The molecule has 0 saturated heterocycles. The molecule has 3 heterocycles. The van der Waals surface area contributed by atoms with E-state index in [4.69, 9.17) is 13.9 Å². The third kappa shape index (κ3) is 2.64. The van der Waals surface area contributed by atoms with E-state index in [0.717, 1.165) is 0 Å². The number of pyridine rings is 1. The van der Waals surface area contributed by atoms with E-state index in [1.54, 1.807) is 36.1 Å². The van der Waals surface area contributed by atoms with Crippen LogP contribution in [0.2, 0.25) is 0 Å². The van der Waals surface area contributed by atoms with E-state index in [1.165, 1.54) is 13.2 Å². The Morgan fingerprint density at radius 2 is 1.84 bits per heavy atom. The second-order valence-electron chi connectivity index (χ2n) is 7.79. The zero-order valence-electron chi connectivity index (χ0n) is 17.9. The average molecular weight is 435 g/mol. The molecule has 0 aliphatic rings. The van der Waals surface area contributed by atoms with Crippen molar-refractivity contribution in [3.63, 3.8) is 0 Å². The summed E-state index contributed by atoms with van der Waals surface area (Å²) in [5.41, 5.74) is 1.70. The van der Waals surface area contributed by atoms with Crippen molar-refractivity contribution in [2.24, 2.45) is 0 Å². The number of phenolic OH excluding ortho intramolecular Hbond substituents is 1. The van der Waals surface area contributed by atoms with Gasteiger partial charge in [0.15, 0.2) is 11.2 Å². The summed E-state index contributed by atoms with van der Waals surface area (Å²) in [6, 6.07) is 8.09. The standard InChI is InChI=1S/C23H21N3O6/c1-10(2)26-22-17(23(29)25-26)16(12-6-5-11(30-3)9-15(12)31-4)21-18(24-22)13-7-8-14(27)19(28)20(13)32-21/h5-10,24,28H,1-4H3,(H,25,29). The number of aromatic hydroxyl groups is 1. The highest BCUT2D eigenvalue weighted by molar-refractivity contribution is 6.15. The number of hydrogen-bond acceptors (Lipinski definition) is 6. The van der Waals surface area contributed by atoms with Gasteiger partial charge in [0.05, 0.1) is 25.1 Å². The van der Waals surface area contributed by atoms with Gasteiger partial charge in [-0.05, 0) is 38.1 Å². The molecule has 0 fully saturated rings. The van der Waals surface area contributed by atoms with E-state index in [2.05, 4.69) is 10.1 Å². The highest BCUT2D eigenvalue weighted by Gasteiger charge is 2.25. The van der Waals surface area contributed by atoms with Gasteiger partial charge in [-0.1, -0.05) is 0 Å². The molecule has 3 N–H and O–H groups in total. The first-order chi connectivity index (χ1) is 15.3. The van der Waals surface area contributed by atoms with Crippen LogP contribution in [0.3, 0.4) is 0 Å². The number of ether oxygens (including phenoxy) is 2. The second kappa shape index (κ2) is 6.94. The van der Waals surface area contributed by atoms with E-state index in [1.807, 2.05) is 13.8 Å². The number of aromatic amines is 2. The number of hydrogen-bond donors (Lipinski definition) is 3. The number of fused-ring (bicyclic) bond motifs is 4. The third-order valence-corrected chi connectivity index (χ3v) is 5.64. The fraction of sp³-hybridized carbons (Fsp3) is 0.217. The maximum atomic E-state index is 13.1. The van der Waals surface area contributed by atoms with Crippen molar-refractivity contribution in [1.29, 1.82) is 0 Å². The van der Waals surface area contributed by atoms with Gasteiger partial charge in [0.25, 0.3) is 5.56 Å². The Morgan fingerprint density at radius 3 is 2.53 bits per heavy atom. The second-order valence-corrected chi connectivity index (χ2v) is 7.79. The lowest BCUT2D eigenvalue weighted by atomic mass is 10.0. The highest BCUT2D eigenvalue weighted by atomic mass is 16.5. The molecule has 0 aliphatic carbocycles. The van der Waals surface area contributed by atoms with Crippen LogP contribution < -0.4 is 20.5 Å². The first-order valence-electron chi connectivity index (χ1n) is 10.0. The fourth-order valence-electron chi connectivity index (χ4n) is 4.11. The minimum absolute atomic E-state index is 0.0423. The number of nitrogens with one attached hydrogen (secondary N) is 2. The van der Waals surface area contributed by atoms with E-state index >= 15 is 0 Å². The monoisotopic (exact) mass is 435 g/mol. The van der Waals surface area contributed by atoms with Crippen LogP contribution in [0.25, 0.3) is 44.2 Å². The Labute approximate surface area is 180 Å². The molecular formula is C23H21N3O6. The summed E-state index contributed by atoms with van der Waals surface area (Å²) in [4.78, 5) is 28.4. The van der Waals surface area contributed by atoms with Crippen LogP contribution in [0.15, 0.2) is 44.3 Å². The first-order valence-corrected chi connectivity index (χ1v) is 10.0. The Morgan fingerprint density at radius 1 is 1.06 bits per heavy atom. The minimum Gasteiger partial charge on any atom is -0.502 e. The summed E-state index contributed by atoms with van der Waals surface area (Å²) >= 11 is 0. The van der Waals surface area contributed by atoms with Crippen molar-refractivity contribution in [1.82, 2.24) is 14.8 Å². The highest BCUT2D eigenvalue weighted by Crippen LogP contribution is 2.43. The molecule has 0 amide bonds. The van der Waals surface area contributed by atoms with Crippen molar-refractivity contribution < 1.29 is 19.0 Å². The van der Waals surface area contributed by atoms with Gasteiger partial charge in [-0.2, -0.15) is 0 Å². The van der Waals surface area contributed by atoms with E-state index in [0.29, 0.717) is 50.1 Å². The van der Waals surface area contributed by atoms with Gasteiger partial charge in [0.1, 0.15) is 17.1 Å². The molecule has 32 heavy (non-hydrogen) atoms. The number of phenols is 1. The molecule has 9 heteroatoms. The van der Waals surface area contributed by atoms with Crippen molar-refractivity contribution in [3.8, 4) is 28.4 Å². The van der Waals surface area contributed by atoms with Crippen LogP contribution in [0.5, 0.6) is 17.2 Å². The SMILES string of the molecule is COc1ccc(-c2c3oc4c(O)c(=O)ccc4c3[nH]c3c2c(=O)[nH]n3C(C)C)c(OC)c1. The molecule has 0 bridgehead atoms. The Balaban J connectivity index is 2.05. The summed E-state index contributed by atoms with van der Waals surface area (Å²) in [6.45, 7) is 3.90. The molecule has 2 aromatic carbocycles. The number of H-pyrrole nitrogens is 2. The zero-order chi connectivity index (χ0) is 22.7. The largest absolute Gasteiger partial charge is 0.502 e. The van der Waals surface area contributed by atoms with E-state index in [9.17, 15) is 14.7 Å². The van der Waals surface area contributed by atoms with Crippen LogP contribution in [0, 0.1) is 0 Å². The van der Waals surface area contributed by atoms with Gasteiger partial charge < -0.3 is 24.0 Å². The maximum absolute atomic E-state index is 13.1. The Hall–Kier alpha value is -4.14. The summed E-state index contributed by atoms with van der Waals surface area (Å²) in [5.74, 6) is 0.585. The number of nitrogens with zero attached hydrogens (tertiary/aromatic N) is 1. The van der Waals surface area contributed by atoms with Gasteiger partial charge >= 0.3 is 0 Å². The summed E-state index contributed by atoms with van der Waals surface area (Å²) in [6.07, 6.45) is 0. The predicted octanol–water partition coefficient (Wildman–Crippen LogP) is 3.89. The zero-order valence-corrected chi connectivity index (χ0v) is 17.9. The number of benzene rings is 2. The molecule has 0 radical (unpaired) electrons. The Bertz CT molecular complexity index is 1630.